The molecule has 1 atom stereocenters. The van der Waals surface area contributed by atoms with Crippen LogP contribution in [-0.4, -0.2) is 30.9 Å². The normalized spacial score (nSPS) is 15.0. The molecule has 4 rings (SSSR count). The number of nitrogens with one attached hydrogen (secondary N) is 2. The van der Waals surface area contributed by atoms with Crippen LogP contribution in [0, 0.1) is 5.92 Å². The maximum absolute atomic E-state index is 12.7. The predicted octanol–water partition coefficient (Wildman–Crippen LogP) is 4.59. The monoisotopic (exact) mass is 505 g/mol. The third-order valence-corrected chi connectivity index (χ3v) is 6.29. The summed E-state index contributed by atoms with van der Waals surface area (Å²) in [5.74, 6) is -0.429. The van der Waals surface area contributed by atoms with Gasteiger partial charge in [-0.1, -0.05) is 42.8 Å². The van der Waals surface area contributed by atoms with Crippen LogP contribution >= 0.6 is 11.6 Å². The Hall–Kier alpha value is -3.84. The van der Waals surface area contributed by atoms with Crippen LogP contribution in [0.25, 0.3) is 0 Å². The van der Waals surface area contributed by atoms with Crippen molar-refractivity contribution in [2.24, 2.45) is 5.92 Å². The van der Waals surface area contributed by atoms with Gasteiger partial charge in [0.05, 0.1) is 5.92 Å². The van der Waals surface area contributed by atoms with Gasteiger partial charge in [0.2, 0.25) is 11.8 Å². The molecule has 3 aromatic rings. The van der Waals surface area contributed by atoms with E-state index in [1.54, 1.807) is 53.4 Å². The van der Waals surface area contributed by atoms with Gasteiger partial charge in [0, 0.05) is 35.9 Å². The van der Waals surface area contributed by atoms with E-state index in [0.717, 1.165) is 12.0 Å². The number of halogens is 1. The Morgan fingerprint density at radius 3 is 2.31 bits per heavy atom. The maximum Gasteiger partial charge on any atom is 0.262 e. The van der Waals surface area contributed by atoms with E-state index in [9.17, 15) is 14.4 Å². The molecule has 7 nitrogen and oxygen atoms in total. The van der Waals surface area contributed by atoms with E-state index in [2.05, 4.69) is 29.7 Å². The molecule has 0 bridgehead atoms. The first-order valence-corrected chi connectivity index (χ1v) is 12.2. The van der Waals surface area contributed by atoms with Crippen LogP contribution in [0.3, 0.4) is 0 Å². The number of hydrogen-bond acceptors (Lipinski definition) is 4. The number of hydrogen-bond donors (Lipinski definition) is 2. The molecule has 1 aliphatic heterocycles. The molecule has 186 valence electrons. The SMILES string of the molecule is CCc1ccc(CNC(=O)[C@@H]2CC(=O)N(c3ccc(OCC(=O)Nc4ccc(Cl)cc4)cc3)C2)cc1. The van der Waals surface area contributed by atoms with Gasteiger partial charge in [-0.15, -0.1) is 0 Å². The molecule has 3 aromatic carbocycles. The topological polar surface area (TPSA) is 87.7 Å². The van der Waals surface area contributed by atoms with Crippen molar-refractivity contribution in [1.29, 1.82) is 0 Å². The van der Waals surface area contributed by atoms with Gasteiger partial charge in [0.25, 0.3) is 5.91 Å². The number of ether oxygens (including phenoxy) is 1. The van der Waals surface area contributed by atoms with Crippen molar-refractivity contribution in [2.45, 2.75) is 26.3 Å². The Morgan fingerprint density at radius 2 is 1.64 bits per heavy atom. The van der Waals surface area contributed by atoms with Crippen LogP contribution in [0.5, 0.6) is 5.75 Å². The molecule has 1 fully saturated rings. The Morgan fingerprint density at radius 1 is 0.972 bits per heavy atom. The third kappa shape index (κ3) is 6.64. The zero-order valence-electron chi connectivity index (χ0n) is 20.0. The van der Waals surface area contributed by atoms with E-state index in [0.29, 0.717) is 35.2 Å². The van der Waals surface area contributed by atoms with Gasteiger partial charge in [-0.05, 0) is 66.1 Å². The summed E-state index contributed by atoms with van der Waals surface area (Å²) in [5.41, 5.74) is 3.59. The lowest BCUT2D eigenvalue weighted by Crippen LogP contribution is -2.32. The smallest absolute Gasteiger partial charge is 0.262 e. The number of carbonyl (C=O) groups is 3. The fraction of sp³-hybridized carbons (Fsp3) is 0.250. The van der Waals surface area contributed by atoms with E-state index in [1.165, 1.54) is 5.56 Å². The van der Waals surface area contributed by atoms with Crippen LogP contribution in [0.1, 0.15) is 24.5 Å². The summed E-state index contributed by atoms with van der Waals surface area (Å²) < 4.78 is 5.55. The largest absolute Gasteiger partial charge is 0.484 e. The molecule has 0 saturated carbocycles. The fourth-order valence-corrected chi connectivity index (χ4v) is 4.09. The van der Waals surface area contributed by atoms with Crippen molar-refractivity contribution in [3.05, 3.63) is 88.9 Å². The van der Waals surface area contributed by atoms with E-state index >= 15 is 0 Å². The minimum absolute atomic E-state index is 0.0986. The highest BCUT2D eigenvalue weighted by atomic mass is 35.5. The lowest BCUT2D eigenvalue weighted by atomic mass is 10.1. The molecular weight excluding hydrogens is 478 g/mol. The number of amides is 3. The first-order valence-electron chi connectivity index (χ1n) is 11.9. The summed E-state index contributed by atoms with van der Waals surface area (Å²) in [5, 5.41) is 6.26. The van der Waals surface area contributed by atoms with Gasteiger partial charge in [-0.3, -0.25) is 14.4 Å². The molecular formula is C28H28ClN3O4. The molecule has 0 unspecified atom stereocenters. The van der Waals surface area contributed by atoms with Crippen LogP contribution in [-0.2, 0) is 27.3 Å². The second kappa shape index (κ2) is 11.7. The third-order valence-electron chi connectivity index (χ3n) is 6.04. The average Bonchev–Trinajstić information content (AvgIpc) is 3.29. The number of aryl methyl sites for hydroxylation is 1. The highest BCUT2D eigenvalue weighted by Gasteiger charge is 2.35. The van der Waals surface area contributed by atoms with E-state index in [1.807, 2.05) is 12.1 Å². The molecule has 8 heteroatoms. The molecule has 36 heavy (non-hydrogen) atoms. The molecule has 0 spiro atoms. The molecule has 1 heterocycles. The zero-order valence-corrected chi connectivity index (χ0v) is 20.8. The Bertz CT molecular complexity index is 1210. The first-order chi connectivity index (χ1) is 17.4. The molecule has 2 N–H and O–H groups in total. The lowest BCUT2D eigenvalue weighted by molar-refractivity contribution is -0.126. The summed E-state index contributed by atoms with van der Waals surface area (Å²) in [6.45, 7) is 2.70. The van der Waals surface area contributed by atoms with Crippen molar-refractivity contribution in [2.75, 3.05) is 23.4 Å². The summed E-state index contributed by atoms with van der Waals surface area (Å²) in [7, 11) is 0. The van der Waals surface area contributed by atoms with Crippen molar-refractivity contribution >= 4 is 40.7 Å². The highest BCUT2D eigenvalue weighted by molar-refractivity contribution is 6.30. The number of anilines is 2. The van der Waals surface area contributed by atoms with Gasteiger partial charge < -0.3 is 20.3 Å². The summed E-state index contributed by atoms with van der Waals surface area (Å²) >= 11 is 5.85. The van der Waals surface area contributed by atoms with Gasteiger partial charge in [-0.25, -0.2) is 0 Å². The van der Waals surface area contributed by atoms with Crippen molar-refractivity contribution in [3.63, 3.8) is 0 Å². The molecule has 1 aliphatic rings. The maximum atomic E-state index is 12.7. The zero-order chi connectivity index (χ0) is 25.5. The van der Waals surface area contributed by atoms with Crippen LogP contribution < -0.4 is 20.3 Å². The predicted molar refractivity (Wildman–Crippen MR) is 140 cm³/mol. The molecule has 0 radical (unpaired) electrons. The van der Waals surface area contributed by atoms with Crippen molar-refractivity contribution in [1.82, 2.24) is 5.32 Å². The van der Waals surface area contributed by atoms with Gasteiger partial charge in [0.15, 0.2) is 6.61 Å². The second-order valence-electron chi connectivity index (χ2n) is 8.63. The van der Waals surface area contributed by atoms with Crippen LogP contribution in [0.4, 0.5) is 11.4 Å². The molecule has 3 amide bonds. The standard InChI is InChI=1S/C28H28ClN3O4/c1-2-19-3-5-20(6-4-19)16-30-28(35)21-15-27(34)32(17-21)24-11-13-25(14-12-24)36-18-26(33)31-23-9-7-22(29)8-10-23/h3-14,21H,2,15-18H2,1H3,(H,30,35)(H,31,33)/t21-/m1/s1. The average molecular weight is 506 g/mol. The van der Waals surface area contributed by atoms with Crippen molar-refractivity contribution in [3.8, 4) is 5.75 Å². The Balaban J connectivity index is 1.25. The molecule has 0 aliphatic carbocycles. The second-order valence-corrected chi connectivity index (χ2v) is 9.07. The first kappa shape index (κ1) is 25.3. The van der Waals surface area contributed by atoms with Gasteiger partial charge in [-0.2, -0.15) is 0 Å². The fourth-order valence-electron chi connectivity index (χ4n) is 3.96. The van der Waals surface area contributed by atoms with E-state index < -0.39 is 5.92 Å². The lowest BCUT2D eigenvalue weighted by Gasteiger charge is -2.17. The summed E-state index contributed by atoms with van der Waals surface area (Å²) in [4.78, 5) is 39.0. The summed E-state index contributed by atoms with van der Waals surface area (Å²) in [6.07, 6.45) is 1.14. The quantitative estimate of drug-likeness (QED) is 0.445. The number of rotatable bonds is 9. The van der Waals surface area contributed by atoms with E-state index in [4.69, 9.17) is 16.3 Å². The molecule has 1 saturated heterocycles. The number of benzene rings is 3. The van der Waals surface area contributed by atoms with Crippen LogP contribution in [0.15, 0.2) is 72.8 Å². The van der Waals surface area contributed by atoms with Gasteiger partial charge in [0.1, 0.15) is 5.75 Å². The number of nitrogens with zero attached hydrogens (tertiary/aromatic N) is 1. The number of carbonyl (C=O) groups excluding carboxylic acids is 3. The highest BCUT2D eigenvalue weighted by Crippen LogP contribution is 2.27. The van der Waals surface area contributed by atoms with E-state index in [-0.39, 0.29) is 30.7 Å². The summed E-state index contributed by atoms with van der Waals surface area (Å²) in [6, 6.07) is 21.8. The Kier molecular flexibility index (Phi) is 8.23. The van der Waals surface area contributed by atoms with Gasteiger partial charge >= 0.3 is 0 Å². The Labute approximate surface area is 215 Å². The van der Waals surface area contributed by atoms with Crippen LogP contribution in [0.2, 0.25) is 5.02 Å². The molecule has 0 aromatic heterocycles. The minimum atomic E-state index is -0.403. The van der Waals surface area contributed by atoms with Crippen molar-refractivity contribution < 1.29 is 19.1 Å². The minimum Gasteiger partial charge on any atom is -0.484 e.